The zero-order valence-electron chi connectivity index (χ0n) is 12.9. The predicted octanol–water partition coefficient (Wildman–Crippen LogP) is 4.81. The number of benzene rings is 2. The maximum absolute atomic E-state index is 10.7. The van der Waals surface area contributed by atoms with Crippen LogP contribution < -0.4 is 5.32 Å². The van der Waals surface area contributed by atoms with Crippen LogP contribution in [0.4, 0.5) is 17.3 Å². The lowest BCUT2D eigenvalue weighted by Crippen LogP contribution is -2.02. The average molecular weight is 376 g/mol. The molecule has 3 rings (SSSR count). The van der Waals surface area contributed by atoms with Crippen LogP contribution in [-0.4, -0.2) is 19.9 Å². The minimum absolute atomic E-state index is 0.00512. The maximum atomic E-state index is 10.7. The van der Waals surface area contributed by atoms with Gasteiger partial charge in [-0.1, -0.05) is 17.7 Å². The lowest BCUT2D eigenvalue weighted by Gasteiger charge is -2.09. The van der Waals surface area contributed by atoms with Crippen LogP contribution in [0.25, 0.3) is 11.4 Å². The van der Waals surface area contributed by atoms with E-state index < -0.39 is 4.92 Å². The molecule has 3 aromatic rings. The van der Waals surface area contributed by atoms with Crippen molar-refractivity contribution >= 4 is 40.5 Å². The zero-order valence-corrected chi connectivity index (χ0v) is 14.4. The van der Waals surface area contributed by atoms with Crippen LogP contribution in [0.5, 0.6) is 0 Å². The molecule has 7 nitrogen and oxygen atoms in total. The van der Waals surface area contributed by atoms with Gasteiger partial charge in [0.15, 0.2) is 5.82 Å². The summed E-state index contributed by atoms with van der Waals surface area (Å²) in [6.07, 6.45) is 0. The summed E-state index contributed by atoms with van der Waals surface area (Å²) in [5.41, 5.74) is 2.26. The average Bonchev–Trinajstić information content (AvgIpc) is 2.57. The molecule has 0 amide bonds. The topological polar surface area (TPSA) is 93.8 Å². The third-order valence-corrected chi connectivity index (χ3v) is 3.79. The molecule has 0 atom stereocenters. The van der Waals surface area contributed by atoms with E-state index in [0.29, 0.717) is 16.5 Å². The van der Waals surface area contributed by atoms with Crippen molar-refractivity contribution in [2.45, 2.75) is 6.92 Å². The summed E-state index contributed by atoms with van der Waals surface area (Å²) in [5.74, 6) is 0.604. The maximum Gasteiger partial charge on any atom is 0.269 e. The lowest BCUT2D eigenvalue weighted by molar-refractivity contribution is -0.384. The van der Waals surface area contributed by atoms with Gasteiger partial charge in [-0.3, -0.25) is 10.1 Å². The van der Waals surface area contributed by atoms with Crippen LogP contribution in [0.2, 0.25) is 10.3 Å². The van der Waals surface area contributed by atoms with Crippen molar-refractivity contribution in [1.82, 2.24) is 15.0 Å². The second kappa shape index (κ2) is 7.00. The van der Waals surface area contributed by atoms with Crippen molar-refractivity contribution < 1.29 is 4.92 Å². The molecule has 1 heterocycles. The van der Waals surface area contributed by atoms with Crippen LogP contribution in [0, 0.1) is 17.0 Å². The van der Waals surface area contributed by atoms with E-state index in [1.165, 1.54) is 12.1 Å². The molecule has 0 aliphatic carbocycles. The minimum Gasteiger partial charge on any atom is -0.324 e. The van der Waals surface area contributed by atoms with Crippen molar-refractivity contribution in [3.8, 4) is 11.4 Å². The smallest absolute Gasteiger partial charge is 0.269 e. The Labute approximate surface area is 152 Å². The van der Waals surface area contributed by atoms with E-state index >= 15 is 0 Å². The SMILES string of the molecule is Cc1ccc(Cl)cc1-c1nc(Cl)nc(Nc2ccc([N+](=O)[O-])cc2)n1. The number of nitro benzene ring substituents is 1. The number of aryl methyl sites for hydroxylation is 1. The lowest BCUT2D eigenvalue weighted by atomic mass is 10.1. The van der Waals surface area contributed by atoms with Gasteiger partial charge >= 0.3 is 0 Å². The summed E-state index contributed by atoms with van der Waals surface area (Å²) in [6.45, 7) is 1.91. The number of non-ortho nitro benzene ring substituents is 1. The van der Waals surface area contributed by atoms with E-state index in [-0.39, 0.29) is 16.9 Å². The fraction of sp³-hybridized carbons (Fsp3) is 0.0625. The molecule has 0 saturated heterocycles. The Hall–Kier alpha value is -2.77. The number of halogens is 2. The molecule has 1 N–H and O–H groups in total. The van der Waals surface area contributed by atoms with Gasteiger partial charge in [0, 0.05) is 28.4 Å². The van der Waals surface area contributed by atoms with E-state index in [1.54, 1.807) is 24.3 Å². The molecule has 1 aromatic heterocycles. The highest BCUT2D eigenvalue weighted by atomic mass is 35.5. The second-order valence-corrected chi connectivity index (χ2v) is 5.91. The molecule has 0 aliphatic rings. The van der Waals surface area contributed by atoms with Crippen molar-refractivity contribution in [1.29, 1.82) is 0 Å². The van der Waals surface area contributed by atoms with Crippen LogP contribution in [-0.2, 0) is 0 Å². The number of rotatable bonds is 4. The van der Waals surface area contributed by atoms with E-state index in [4.69, 9.17) is 23.2 Å². The molecule has 0 fully saturated rings. The Kier molecular flexibility index (Phi) is 4.78. The number of hydrogen-bond donors (Lipinski definition) is 1. The molecule has 0 aliphatic heterocycles. The van der Waals surface area contributed by atoms with E-state index in [1.807, 2.05) is 13.0 Å². The van der Waals surface area contributed by atoms with Gasteiger partial charge in [-0.2, -0.15) is 15.0 Å². The van der Waals surface area contributed by atoms with Crippen LogP contribution in [0.1, 0.15) is 5.56 Å². The fourth-order valence-corrected chi connectivity index (χ4v) is 2.49. The van der Waals surface area contributed by atoms with Gasteiger partial charge < -0.3 is 5.32 Å². The first-order chi connectivity index (χ1) is 11.9. The summed E-state index contributed by atoms with van der Waals surface area (Å²) >= 11 is 12.0. The van der Waals surface area contributed by atoms with Crippen molar-refractivity contribution in [2.75, 3.05) is 5.32 Å². The number of anilines is 2. The molecule has 0 bridgehead atoms. The summed E-state index contributed by atoms with van der Waals surface area (Å²) in [7, 11) is 0. The van der Waals surface area contributed by atoms with Crippen molar-refractivity contribution in [3.63, 3.8) is 0 Å². The Morgan fingerprint density at radius 1 is 1.04 bits per heavy atom. The first-order valence-electron chi connectivity index (χ1n) is 7.12. The molecular weight excluding hydrogens is 365 g/mol. The number of aromatic nitrogens is 3. The molecule has 0 unspecified atom stereocenters. The summed E-state index contributed by atoms with van der Waals surface area (Å²) in [6, 6.07) is 11.3. The Balaban J connectivity index is 1.94. The molecular formula is C16H11Cl2N5O2. The van der Waals surface area contributed by atoms with Crippen molar-refractivity contribution in [2.24, 2.45) is 0 Å². The van der Waals surface area contributed by atoms with Gasteiger partial charge in [-0.15, -0.1) is 0 Å². The molecule has 2 aromatic carbocycles. The minimum atomic E-state index is -0.469. The highest BCUT2D eigenvalue weighted by molar-refractivity contribution is 6.31. The predicted molar refractivity (Wildman–Crippen MR) is 96.4 cm³/mol. The van der Waals surface area contributed by atoms with Gasteiger partial charge in [-0.05, 0) is 48.4 Å². The summed E-state index contributed by atoms with van der Waals surface area (Å²) in [5, 5.41) is 14.2. The first kappa shape index (κ1) is 17.1. The summed E-state index contributed by atoms with van der Waals surface area (Å²) in [4.78, 5) is 22.7. The zero-order chi connectivity index (χ0) is 18.0. The van der Waals surface area contributed by atoms with Gasteiger partial charge in [0.2, 0.25) is 11.2 Å². The normalized spacial score (nSPS) is 10.5. The highest BCUT2D eigenvalue weighted by Crippen LogP contribution is 2.26. The number of nitrogens with zero attached hydrogens (tertiary/aromatic N) is 4. The number of nitro groups is 1. The van der Waals surface area contributed by atoms with Crippen LogP contribution >= 0.6 is 23.2 Å². The fourth-order valence-electron chi connectivity index (χ4n) is 2.16. The third-order valence-electron chi connectivity index (χ3n) is 3.38. The second-order valence-electron chi connectivity index (χ2n) is 5.14. The van der Waals surface area contributed by atoms with E-state index in [2.05, 4.69) is 20.3 Å². The molecule has 0 radical (unpaired) electrons. The quantitative estimate of drug-likeness (QED) is 0.519. The van der Waals surface area contributed by atoms with Gasteiger partial charge in [0.05, 0.1) is 4.92 Å². The van der Waals surface area contributed by atoms with Crippen LogP contribution in [0.15, 0.2) is 42.5 Å². The largest absolute Gasteiger partial charge is 0.324 e. The molecule has 126 valence electrons. The Bertz CT molecular complexity index is 948. The van der Waals surface area contributed by atoms with E-state index in [0.717, 1.165) is 11.1 Å². The Morgan fingerprint density at radius 3 is 2.44 bits per heavy atom. The molecule has 0 saturated carbocycles. The van der Waals surface area contributed by atoms with Crippen molar-refractivity contribution in [3.05, 3.63) is 68.4 Å². The molecule has 0 spiro atoms. The van der Waals surface area contributed by atoms with Gasteiger partial charge in [0.25, 0.3) is 5.69 Å². The summed E-state index contributed by atoms with van der Waals surface area (Å²) < 4.78 is 0. The Morgan fingerprint density at radius 2 is 1.76 bits per heavy atom. The number of nitrogens with one attached hydrogen (secondary N) is 1. The third kappa shape index (κ3) is 4.01. The standard InChI is InChI=1S/C16H11Cl2N5O2/c1-9-2-3-10(17)8-13(9)14-20-15(18)22-16(21-14)19-11-4-6-12(7-5-11)23(24)25/h2-8H,1H3,(H,19,20,21,22). The van der Waals surface area contributed by atoms with Gasteiger partial charge in [-0.25, -0.2) is 0 Å². The molecule has 25 heavy (non-hydrogen) atoms. The highest BCUT2D eigenvalue weighted by Gasteiger charge is 2.11. The van der Waals surface area contributed by atoms with Gasteiger partial charge in [0.1, 0.15) is 0 Å². The first-order valence-corrected chi connectivity index (χ1v) is 7.87. The monoisotopic (exact) mass is 375 g/mol. The number of hydrogen-bond acceptors (Lipinski definition) is 6. The van der Waals surface area contributed by atoms with E-state index in [9.17, 15) is 10.1 Å². The van der Waals surface area contributed by atoms with Crippen LogP contribution in [0.3, 0.4) is 0 Å². The molecule has 9 heteroatoms.